The van der Waals surface area contributed by atoms with E-state index in [9.17, 15) is 18.4 Å². The van der Waals surface area contributed by atoms with Gasteiger partial charge in [0.15, 0.2) is 11.6 Å². The van der Waals surface area contributed by atoms with Crippen LogP contribution in [0.2, 0.25) is 5.02 Å². The fourth-order valence-corrected chi connectivity index (χ4v) is 3.93. The average Bonchev–Trinajstić information content (AvgIpc) is 3.13. The van der Waals surface area contributed by atoms with Crippen molar-refractivity contribution in [3.05, 3.63) is 81.9 Å². The van der Waals surface area contributed by atoms with E-state index in [-0.39, 0.29) is 17.8 Å². The van der Waals surface area contributed by atoms with Gasteiger partial charge >= 0.3 is 0 Å². The van der Waals surface area contributed by atoms with Crippen molar-refractivity contribution in [2.24, 2.45) is 0 Å². The highest BCUT2D eigenvalue weighted by atomic mass is 35.5. The largest absolute Gasteiger partial charge is 0.324 e. The SMILES string of the molecule is O=C(Cn1cnc2cc(-c3ccc(Cl)cc3)sc2c1=O)Nc1ccc(F)c(F)c1. The normalized spacial score (nSPS) is 11.0. The van der Waals surface area contributed by atoms with E-state index in [0.717, 1.165) is 22.6 Å². The van der Waals surface area contributed by atoms with Crippen LogP contribution in [0.4, 0.5) is 14.5 Å². The monoisotopic (exact) mass is 431 g/mol. The van der Waals surface area contributed by atoms with Crippen LogP contribution in [0.5, 0.6) is 0 Å². The van der Waals surface area contributed by atoms with Gasteiger partial charge in [-0.15, -0.1) is 11.3 Å². The molecule has 2 aromatic heterocycles. The third kappa shape index (κ3) is 4.03. The Balaban J connectivity index is 1.58. The molecular weight excluding hydrogens is 420 g/mol. The molecular formula is C20H12ClF2N3O2S. The third-order valence-corrected chi connectivity index (χ3v) is 5.56. The van der Waals surface area contributed by atoms with Crippen molar-refractivity contribution in [3.8, 4) is 10.4 Å². The van der Waals surface area contributed by atoms with Crippen molar-refractivity contribution in [3.63, 3.8) is 0 Å². The highest BCUT2D eigenvalue weighted by molar-refractivity contribution is 7.22. The summed E-state index contributed by atoms with van der Waals surface area (Å²) in [7, 11) is 0. The van der Waals surface area contributed by atoms with Crippen molar-refractivity contribution < 1.29 is 13.6 Å². The Morgan fingerprint density at radius 2 is 1.86 bits per heavy atom. The molecule has 0 radical (unpaired) electrons. The van der Waals surface area contributed by atoms with Crippen molar-refractivity contribution in [2.75, 3.05) is 5.32 Å². The number of benzene rings is 2. The van der Waals surface area contributed by atoms with Crippen LogP contribution < -0.4 is 10.9 Å². The number of thiophene rings is 1. The second-order valence-electron chi connectivity index (χ2n) is 6.19. The number of carbonyl (C=O) groups is 1. The molecule has 0 atom stereocenters. The van der Waals surface area contributed by atoms with E-state index in [1.807, 2.05) is 12.1 Å². The molecule has 0 bridgehead atoms. The van der Waals surface area contributed by atoms with Crippen LogP contribution in [0, 0.1) is 11.6 Å². The first kappa shape index (κ1) is 19.2. The number of hydrogen-bond acceptors (Lipinski definition) is 4. The minimum atomic E-state index is -1.07. The van der Waals surface area contributed by atoms with Gasteiger partial charge in [-0.2, -0.15) is 0 Å². The summed E-state index contributed by atoms with van der Waals surface area (Å²) >= 11 is 7.18. The lowest BCUT2D eigenvalue weighted by atomic mass is 10.2. The second-order valence-corrected chi connectivity index (χ2v) is 7.68. The number of hydrogen-bond donors (Lipinski definition) is 1. The number of fused-ring (bicyclic) bond motifs is 1. The summed E-state index contributed by atoms with van der Waals surface area (Å²) in [5, 5.41) is 3.04. The summed E-state index contributed by atoms with van der Waals surface area (Å²) < 4.78 is 27.8. The van der Waals surface area contributed by atoms with Gasteiger partial charge in [0.05, 0.1) is 11.8 Å². The van der Waals surface area contributed by atoms with E-state index in [1.165, 1.54) is 28.3 Å². The molecule has 0 unspecified atom stereocenters. The van der Waals surface area contributed by atoms with Crippen LogP contribution in [0.1, 0.15) is 0 Å². The molecule has 1 N–H and O–H groups in total. The molecule has 0 aliphatic rings. The molecule has 4 rings (SSSR count). The zero-order valence-electron chi connectivity index (χ0n) is 14.7. The minimum absolute atomic E-state index is 0.0946. The number of nitrogens with zero attached hydrogens (tertiary/aromatic N) is 2. The first-order chi connectivity index (χ1) is 13.9. The van der Waals surface area contributed by atoms with E-state index in [2.05, 4.69) is 10.3 Å². The van der Waals surface area contributed by atoms with Gasteiger partial charge in [-0.25, -0.2) is 13.8 Å². The number of aromatic nitrogens is 2. The molecule has 0 fully saturated rings. The van der Waals surface area contributed by atoms with Crippen molar-refractivity contribution in [1.82, 2.24) is 9.55 Å². The molecule has 29 heavy (non-hydrogen) atoms. The van der Waals surface area contributed by atoms with E-state index in [1.54, 1.807) is 18.2 Å². The Morgan fingerprint density at radius 1 is 1.10 bits per heavy atom. The Morgan fingerprint density at radius 3 is 2.59 bits per heavy atom. The summed E-state index contributed by atoms with van der Waals surface area (Å²) in [4.78, 5) is 30.0. The average molecular weight is 432 g/mol. The Labute approximate surface area is 172 Å². The van der Waals surface area contributed by atoms with Crippen LogP contribution in [0.3, 0.4) is 0 Å². The maximum Gasteiger partial charge on any atom is 0.271 e. The summed E-state index contributed by atoms with van der Waals surface area (Å²) in [5.41, 5.74) is 1.17. The number of halogens is 3. The van der Waals surface area contributed by atoms with Crippen LogP contribution in [-0.2, 0) is 11.3 Å². The van der Waals surface area contributed by atoms with Crippen LogP contribution >= 0.6 is 22.9 Å². The summed E-state index contributed by atoms with van der Waals surface area (Å²) in [6, 6.07) is 12.0. The Bertz CT molecular complexity index is 1290. The van der Waals surface area contributed by atoms with Gasteiger partial charge in [-0.3, -0.25) is 14.2 Å². The lowest BCUT2D eigenvalue weighted by Gasteiger charge is -2.07. The molecule has 0 saturated carbocycles. The fraction of sp³-hybridized carbons (Fsp3) is 0.0500. The highest BCUT2D eigenvalue weighted by Gasteiger charge is 2.13. The maximum absolute atomic E-state index is 13.3. The van der Waals surface area contributed by atoms with Gasteiger partial charge in [-0.1, -0.05) is 23.7 Å². The number of carbonyl (C=O) groups excluding carboxylic acids is 1. The molecule has 9 heteroatoms. The molecule has 0 aliphatic carbocycles. The number of anilines is 1. The van der Waals surface area contributed by atoms with Crippen molar-refractivity contribution in [1.29, 1.82) is 0 Å². The van der Waals surface area contributed by atoms with Crippen molar-refractivity contribution in [2.45, 2.75) is 6.54 Å². The summed E-state index contributed by atoms with van der Waals surface area (Å²) in [5.74, 6) is -2.65. The van der Waals surface area contributed by atoms with E-state index < -0.39 is 17.5 Å². The molecule has 0 spiro atoms. The standard InChI is InChI=1S/C20H12ClF2N3O2S/c21-12-3-1-11(2-4-12)17-8-16-19(29-17)20(28)26(10-24-16)9-18(27)25-13-5-6-14(22)15(23)7-13/h1-8,10H,9H2,(H,25,27). The van der Waals surface area contributed by atoms with Gasteiger partial charge in [-0.05, 0) is 35.9 Å². The minimum Gasteiger partial charge on any atom is -0.324 e. The van der Waals surface area contributed by atoms with Crippen LogP contribution in [0.25, 0.3) is 20.7 Å². The van der Waals surface area contributed by atoms with Gasteiger partial charge in [0, 0.05) is 21.7 Å². The molecule has 0 aliphatic heterocycles. The number of amides is 1. The lowest BCUT2D eigenvalue weighted by molar-refractivity contribution is -0.116. The predicted molar refractivity (Wildman–Crippen MR) is 109 cm³/mol. The molecule has 2 aromatic carbocycles. The van der Waals surface area contributed by atoms with Crippen molar-refractivity contribution >= 4 is 44.7 Å². The van der Waals surface area contributed by atoms with Gasteiger partial charge in [0.1, 0.15) is 11.2 Å². The lowest BCUT2D eigenvalue weighted by Crippen LogP contribution is -2.27. The Kier molecular flexibility index (Phi) is 5.12. The number of rotatable bonds is 4. The van der Waals surface area contributed by atoms with E-state index in [4.69, 9.17) is 11.6 Å². The zero-order valence-corrected chi connectivity index (χ0v) is 16.2. The predicted octanol–water partition coefficient (Wildman–Crippen LogP) is 4.70. The Hall–Kier alpha value is -3.10. The first-order valence-electron chi connectivity index (χ1n) is 8.40. The van der Waals surface area contributed by atoms with E-state index in [0.29, 0.717) is 15.2 Å². The van der Waals surface area contributed by atoms with Gasteiger partial charge in [0.25, 0.3) is 5.56 Å². The highest BCUT2D eigenvalue weighted by Crippen LogP contribution is 2.31. The quantitative estimate of drug-likeness (QED) is 0.509. The molecule has 5 nitrogen and oxygen atoms in total. The molecule has 2 heterocycles. The molecule has 0 saturated heterocycles. The van der Waals surface area contributed by atoms with Crippen LogP contribution in [0.15, 0.2) is 59.7 Å². The second kappa shape index (κ2) is 7.73. The van der Waals surface area contributed by atoms with Gasteiger partial charge < -0.3 is 5.32 Å². The first-order valence-corrected chi connectivity index (χ1v) is 9.60. The topological polar surface area (TPSA) is 64.0 Å². The molecule has 146 valence electrons. The smallest absolute Gasteiger partial charge is 0.271 e. The maximum atomic E-state index is 13.3. The summed E-state index contributed by atoms with van der Waals surface area (Å²) in [6.07, 6.45) is 1.29. The number of nitrogens with one attached hydrogen (secondary N) is 1. The van der Waals surface area contributed by atoms with Gasteiger partial charge in [0.2, 0.25) is 5.91 Å². The molecule has 4 aromatic rings. The third-order valence-electron chi connectivity index (χ3n) is 4.15. The zero-order chi connectivity index (χ0) is 20.5. The fourth-order valence-electron chi connectivity index (χ4n) is 2.74. The van der Waals surface area contributed by atoms with Crippen LogP contribution in [-0.4, -0.2) is 15.5 Å². The summed E-state index contributed by atoms with van der Waals surface area (Å²) in [6.45, 7) is -0.311. The molecule has 1 amide bonds. The van der Waals surface area contributed by atoms with E-state index >= 15 is 0 Å².